The Hall–Kier alpha value is -1.74. The molecule has 1 aromatic heterocycles. The van der Waals surface area contributed by atoms with Gasteiger partial charge in [0.1, 0.15) is 0 Å². The first-order valence-corrected chi connectivity index (χ1v) is 7.90. The van der Waals surface area contributed by atoms with Crippen LogP contribution in [0.25, 0.3) is 10.9 Å². The van der Waals surface area contributed by atoms with Crippen molar-refractivity contribution in [2.24, 2.45) is 7.05 Å². The second-order valence-corrected chi connectivity index (χ2v) is 6.34. The summed E-state index contributed by atoms with van der Waals surface area (Å²) < 4.78 is 3.39. The van der Waals surface area contributed by atoms with Crippen LogP contribution in [-0.4, -0.2) is 4.57 Å². The Labute approximate surface area is 133 Å². The molecule has 0 atom stereocenters. The van der Waals surface area contributed by atoms with E-state index >= 15 is 0 Å². The Morgan fingerprint density at radius 2 is 1.86 bits per heavy atom. The molecule has 108 valence electrons. The van der Waals surface area contributed by atoms with Crippen LogP contribution in [0.15, 0.2) is 46.9 Å². The minimum absolute atomic E-state index is 0.818. The van der Waals surface area contributed by atoms with E-state index in [0.29, 0.717) is 0 Å². The smallest absolute Gasteiger partial charge is 0.0556 e. The summed E-state index contributed by atoms with van der Waals surface area (Å²) in [6.07, 6.45) is 0. The van der Waals surface area contributed by atoms with E-state index in [1.54, 1.807) is 0 Å². The molecule has 2 aromatic carbocycles. The van der Waals surface area contributed by atoms with Gasteiger partial charge < -0.3 is 9.88 Å². The van der Waals surface area contributed by atoms with Crippen LogP contribution in [0.4, 0.5) is 5.69 Å². The van der Waals surface area contributed by atoms with Gasteiger partial charge in [-0.25, -0.2) is 0 Å². The van der Waals surface area contributed by atoms with E-state index in [-0.39, 0.29) is 0 Å². The van der Waals surface area contributed by atoms with Gasteiger partial charge in [-0.15, -0.1) is 0 Å². The number of aromatic nitrogens is 1. The van der Waals surface area contributed by atoms with E-state index in [1.807, 2.05) is 0 Å². The van der Waals surface area contributed by atoms with Gasteiger partial charge in [0.25, 0.3) is 0 Å². The summed E-state index contributed by atoms with van der Waals surface area (Å²) in [6.45, 7) is 5.12. The van der Waals surface area contributed by atoms with Gasteiger partial charge in [0.05, 0.1) is 6.54 Å². The van der Waals surface area contributed by atoms with Gasteiger partial charge in [0.15, 0.2) is 0 Å². The second kappa shape index (κ2) is 5.57. The first kappa shape index (κ1) is 14.2. The van der Waals surface area contributed by atoms with E-state index in [0.717, 1.165) is 16.7 Å². The van der Waals surface area contributed by atoms with Crippen LogP contribution in [0.3, 0.4) is 0 Å². The Balaban J connectivity index is 1.92. The molecule has 0 aliphatic heterocycles. The van der Waals surface area contributed by atoms with Crippen LogP contribution < -0.4 is 5.32 Å². The minimum atomic E-state index is 0.818. The second-order valence-electron chi connectivity index (χ2n) is 5.48. The van der Waals surface area contributed by atoms with Crippen LogP contribution >= 0.6 is 15.9 Å². The van der Waals surface area contributed by atoms with E-state index in [2.05, 4.69) is 89.2 Å². The van der Waals surface area contributed by atoms with Crippen LogP contribution in [-0.2, 0) is 13.6 Å². The predicted octanol–water partition coefficient (Wildman–Crippen LogP) is 5.17. The summed E-state index contributed by atoms with van der Waals surface area (Å²) in [6, 6.07) is 14.9. The van der Waals surface area contributed by atoms with Gasteiger partial charge >= 0.3 is 0 Å². The maximum absolute atomic E-state index is 3.62. The molecule has 0 aliphatic carbocycles. The molecule has 1 heterocycles. The molecule has 3 rings (SSSR count). The molecule has 21 heavy (non-hydrogen) atoms. The normalized spacial score (nSPS) is 11.0. The van der Waals surface area contributed by atoms with Crippen LogP contribution in [0.2, 0.25) is 0 Å². The molecule has 3 heteroatoms. The lowest BCUT2D eigenvalue weighted by Gasteiger charge is -2.11. The van der Waals surface area contributed by atoms with Crippen LogP contribution in [0, 0.1) is 13.8 Å². The van der Waals surface area contributed by atoms with Crippen LogP contribution in [0.1, 0.15) is 16.8 Å². The highest BCUT2D eigenvalue weighted by atomic mass is 79.9. The molecular weight excluding hydrogens is 324 g/mol. The summed E-state index contributed by atoms with van der Waals surface area (Å²) in [4.78, 5) is 0. The van der Waals surface area contributed by atoms with E-state index in [4.69, 9.17) is 0 Å². The number of para-hydroxylation sites is 1. The zero-order valence-electron chi connectivity index (χ0n) is 12.6. The maximum atomic E-state index is 3.62. The van der Waals surface area contributed by atoms with Crippen molar-refractivity contribution in [2.45, 2.75) is 20.4 Å². The third-order valence-electron chi connectivity index (χ3n) is 4.08. The molecule has 0 saturated heterocycles. The number of rotatable bonds is 3. The highest BCUT2D eigenvalue weighted by molar-refractivity contribution is 9.10. The fourth-order valence-electron chi connectivity index (χ4n) is 2.83. The van der Waals surface area contributed by atoms with E-state index < -0.39 is 0 Å². The molecule has 1 N–H and O–H groups in total. The van der Waals surface area contributed by atoms with Gasteiger partial charge in [-0.1, -0.05) is 24.3 Å². The fraction of sp³-hybridized carbons (Fsp3) is 0.222. The van der Waals surface area contributed by atoms with Gasteiger partial charge in [0, 0.05) is 33.8 Å². The summed E-state index contributed by atoms with van der Waals surface area (Å²) in [5.41, 5.74) is 6.35. The molecular formula is C18H19BrN2. The van der Waals surface area contributed by atoms with Crippen molar-refractivity contribution in [3.8, 4) is 0 Å². The number of halogens is 1. The summed E-state index contributed by atoms with van der Waals surface area (Å²) >= 11 is 3.62. The first-order valence-electron chi connectivity index (χ1n) is 7.11. The molecule has 0 fully saturated rings. The van der Waals surface area contributed by atoms with Crippen molar-refractivity contribution in [2.75, 3.05) is 5.32 Å². The molecule has 0 spiro atoms. The molecule has 0 saturated carbocycles. The summed E-state index contributed by atoms with van der Waals surface area (Å²) in [5.74, 6) is 0. The standard InChI is InChI=1S/C18H19BrN2/c1-12-8-9-16(15(19)10-12)20-11-18-13(2)14-6-4-5-7-17(14)21(18)3/h4-10,20H,11H2,1-3H3. The zero-order valence-corrected chi connectivity index (χ0v) is 14.2. The van der Waals surface area contributed by atoms with E-state index in [9.17, 15) is 0 Å². The molecule has 3 aromatic rings. The molecule has 0 radical (unpaired) electrons. The molecule has 0 amide bonds. The highest BCUT2D eigenvalue weighted by Crippen LogP contribution is 2.27. The van der Waals surface area contributed by atoms with Gasteiger partial charge in [-0.3, -0.25) is 0 Å². The van der Waals surface area contributed by atoms with Gasteiger partial charge in [0.2, 0.25) is 0 Å². The molecule has 2 nitrogen and oxygen atoms in total. The van der Waals surface area contributed by atoms with Gasteiger partial charge in [-0.2, -0.15) is 0 Å². The molecule has 0 unspecified atom stereocenters. The lowest BCUT2D eigenvalue weighted by molar-refractivity contribution is 0.862. The topological polar surface area (TPSA) is 17.0 Å². The monoisotopic (exact) mass is 342 g/mol. The lowest BCUT2D eigenvalue weighted by atomic mass is 10.1. The van der Waals surface area contributed by atoms with Crippen molar-refractivity contribution < 1.29 is 0 Å². The lowest BCUT2D eigenvalue weighted by Crippen LogP contribution is -2.06. The van der Waals surface area contributed by atoms with Crippen molar-refractivity contribution in [3.63, 3.8) is 0 Å². The SMILES string of the molecule is Cc1ccc(NCc2c(C)c3ccccc3n2C)c(Br)c1. The van der Waals surface area contributed by atoms with E-state index in [1.165, 1.54) is 27.7 Å². The quantitative estimate of drug-likeness (QED) is 0.694. The average Bonchev–Trinajstić information content (AvgIpc) is 2.71. The van der Waals surface area contributed by atoms with Gasteiger partial charge in [-0.05, 0) is 59.1 Å². The number of fused-ring (bicyclic) bond motifs is 1. The van der Waals surface area contributed by atoms with Crippen LogP contribution in [0.5, 0.6) is 0 Å². The number of hydrogen-bond acceptors (Lipinski definition) is 1. The third-order valence-corrected chi connectivity index (χ3v) is 4.73. The Bertz CT molecular complexity index is 763. The number of anilines is 1. The maximum Gasteiger partial charge on any atom is 0.0556 e. The Kier molecular flexibility index (Phi) is 3.77. The number of nitrogens with one attached hydrogen (secondary N) is 1. The largest absolute Gasteiger partial charge is 0.379 e. The molecule has 0 aliphatic rings. The highest BCUT2D eigenvalue weighted by Gasteiger charge is 2.11. The van der Waals surface area contributed by atoms with Crippen molar-refractivity contribution in [3.05, 3.63) is 63.8 Å². The number of hydrogen-bond donors (Lipinski definition) is 1. The number of benzene rings is 2. The van der Waals surface area contributed by atoms with Crippen molar-refractivity contribution >= 4 is 32.5 Å². The Morgan fingerprint density at radius 1 is 1.10 bits per heavy atom. The predicted molar refractivity (Wildman–Crippen MR) is 93.9 cm³/mol. The van der Waals surface area contributed by atoms with Crippen molar-refractivity contribution in [1.82, 2.24) is 4.57 Å². The zero-order chi connectivity index (χ0) is 15.0. The number of aryl methyl sites for hydroxylation is 3. The average molecular weight is 343 g/mol. The number of nitrogens with zero attached hydrogens (tertiary/aromatic N) is 1. The third kappa shape index (κ3) is 2.58. The molecule has 0 bridgehead atoms. The van der Waals surface area contributed by atoms with Crippen molar-refractivity contribution in [1.29, 1.82) is 0 Å². The summed E-state index contributed by atoms with van der Waals surface area (Å²) in [5, 5.41) is 4.86. The Morgan fingerprint density at radius 3 is 2.57 bits per heavy atom. The summed E-state index contributed by atoms with van der Waals surface area (Å²) in [7, 11) is 2.14. The fourth-order valence-corrected chi connectivity index (χ4v) is 3.46. The first-order chi connectivity index (χ1) is 10.1. The minimum Gasteiger partial charge on any atom is -0.379 e.